The van der Waals surface area contributed by atoms with Crippen molar-refractivity contribution in [1.82, 2.24) is 14.2 Å². The van der Waals surface area contributed by atoms with Gasteiger partial charge >= 0.3 is 0 Å². The molecule has 3 aromatic rings. The molecule has 36 heavy (non-hydrogen) atoms. The number of benzene rings is 2. The van der Waals surface area contributed by atoms with E-state index in [0.29, 0.717) is 38.2 Å². The van der Waals surface area contributed by atoms with Gasteiger partial charge in [-0.15, -0.1) is 0 Å². The van der Waals surface area contributed by atoms with E-state index in [4.69, 9.17) is 9.72 Å². The monoisotopic (exact) mass is 528 g/mol. The Balaban J connectivity index is 1.22. The topological polar surface area (TPSA) is 83.0 Å². The number of carbonyl (C=O) groups excluding carboxylic acids is 1. The summed E-state index contributed by atoms with van der Waals surface area (Å²) >= 11 is 1.70. The van der Waals surface area contributed by atoms with Crippen LogP contribution in [0.1, 0.15) is 25.3 Å². The highest BCUT2D eigenvalue weighted by molar-refractivity contribution is 7.89. The number of rotatable bonds is 6. The van der Waals surface area contributed by atoms with Crippen LogP contribution in [0.3, 0.4) is 0 Å². The highest BCUT2D eigenvalue weighted by Gasteiger charge is 2.36. The fourth-order valence-electron chi connectivity index (χ4n) is 5.05. The van der Waals surface area contributed by atoms with Crippen LogP contribution in [0.25, 0.3) is 10.2 Å². The second-order valence-corrected chi connectivity index (χ2v) is 12.3. The van der Waals surface area contributed by atoms with Crippen molar-refractivity contribution in [2.75, 3.05) is 51.3 Å². The Labute approximate surface area is 216 Å². The third-order valence-electron chi connectivity index (χ3n) is 7.16. The number of aromatic nitrogens is 1. The minimum atomic E-state index is -3.66. The number of aryl methyl sites for hydroxylation is 1. The molecule has 2 saturated heterocycles. The molecule has 2 aromatic carbocycles. The van der Waals surface area contributed by atoms with Crippen LogP contribution in [0.15, 0.2) is 47.4 Å². The van der Waals surface area contributed by atoms with Crippen molar-refractivity contribution >= 4 is 42.6 Å². The van der Waals surface area contributed by atoms with E-state index < -0.39 is 10.0 Å². The lowest BCUT2D eigenvalue weighted by molar-refractivity contribution is -0.137. The van der Waals surface area contributed by atoms with Crippen LogP contribution in [0.4, 0.5) is 5.13 Å². The molecule has 0 radical (unpaired) electrons. The Morgan fingerprint density at radius 3 is 2.53 bits per heavy atom. The molecule has 0 N–H and O–H groups in total. The highest BCUT2D eigenvalue weighted by atomic mass is 32.2. The predicted octanol–water partition coefficient (Wildman–Crippen LogP) is 3.62. The summed E-state index contributed by atoms with van der Waals surface area (Å²) in [5.41, 5.74) is 2.34. The molecule has 5 rings (SSSR count). The average Bonchev–Trinajstić information content (AvgIpc) is 3.37. The number of methoxy groups -OCH3 is 1. The number of thiazole rings is 1. The third kappa shape index (κ3) is 4.81. The van der Waals surface area contributed by atoms with Crippen LogP contribution in [-0.4, -0.2) is 74.9 Å². The molecule has 0 aliphatic carbocycles. The highest BCUT2D eigenvalue weighted by Crippen LogP contribution is 2.32. The summed E-state index contributed by atoms with van der Waals surface area (Å²) in [6.07, 6.45) is 2.35. The maximum absolute atomic E-state index is 13.4. The minimum absolute atomic E-state index is 0.0573. The molecular formula is C26H32N4O4S2. The quantitative estimate of drug-likeness (QED) is 0.486. The van der Waals surface area contributed by atoms with E-state index >= 15 is 0 Å². The van der Waals surface area contributed by atoms with E-state index in [0.717, 1.165) is 30.2 Å². The Hall–Kier alpha value is -2.69. The molecule has 2 aliphatic rings. The Kier molecular flexibility index (Phi) is 7.18. The van der Waals surface area contributed by atoms with E-state index in [9.17, 15) is 13.2 Å². The summed E-state index contributed by atoms with van der Waals surface area (Å²) in [6.45, 7) is 5.51. The summed E-state index contributed by atoms with van der Waals surface area (Å²) in [4.78, 5) is 22.7. The van der Waals surface area contributed by atoms with Crippen molar-refractivity contribution in [2.45, 2.75) is 31.1 Å². The van der Waals surface area contributed by atoms with Crippen LogP contribution in [0.5, 0.6) is 5.75 Å². The zero-order chi connectivity index (χ0) is 25.3. The number of carbonyl (C=O) groups is 1. The zero-order valence-corrected chi connectivity index (χ0v) is 22.4. The summed E-state index contributed by atoms with van der Waals surface area (Å²) in [5, 5.41) is 1.01. The molecule has 1 unspecified atom stereocenters. The standard InChI is InChI=1S/C26H32N4O4S2/c1-3-19-6-4-8-23-24(19)27-26(35-23)29-16-14-28(15-17-29)25(31)20-7-5-13-30(18-20)36(32,33)22-11-9-21(34-2)10-12-22/h4,6,8-12,20H,3,5,7,13-18H2,1-2H3. The molecule has 1 amide bonds. The lowest BCUT2D eigenvalue weighted by atomic mass is 9.98. The number of amides is 1. The predicted molar refractivity (Wildman–Crippen MR) is 142 cm³/mol. The van der Waals surface area contributed by atoms with E-state index in [1.807, 2.05) is 4.90 Å². The number of nitrogens with zero attached hydrogens (tertiary/aromatic N) is 4. The van der Waals surface area contributed by atoms with E-state index in [2.05, 4.69) is 30.0 Å². The maximum atomic E-state index is 13.4. The second kappa shape index (κ2) is 10.4. The molecule has 2 fully saturated rings. The van der Waals surface area contributed by atoms with Gasteiger partial charge in [0.05, 0.1) is 28.1 Å². The number of hydrogen-bond acceptors (Lipinski definition) is 7. The SMILES string of the molecule is CCc1cccc2sc(N3CCN(C(=O)C4CCCN(S(=O)(=O)c5ccc(OC)cc5)C4)CC3)nc12. The Morgan fingerprint density at radius 1 is 1.08 bits per heavy atom. The molecule has 0 saturated carbocycles. The van der Waals surface area contributed by atoms with Gasteiger partial charge in [0.25, 0.3) is 0 Å². The van der Waals surface area contributed by atoms with E-state index in [-0.39, 0.29) is 23.3 Å². The first-order valence-corrected chi connectivity index (χ1v) is 14.7. The van der Waals surface area contributed by atoms with Crippen LogP contribution in [0.2, 0.25) is 0 Å². The van der Waals surface area contributed by atoms with Crippen molar-refractivity contribution in [1.29, 1.82) is 0 Å². The molecular weight excluding hydrogens is 496 g/mol. The van der Waals surface area contributed by atoms with E-state index in [1.165, 1.54) is 14.6 Å². The number of hydrogen-bond donors (Lipinski definition) is 0. The second-order valence-electron chi connectivity index (χ2n) is 9.30. The number of fused-ring (bicyclic) bond motifs is 1. The molecule has 3 heterocycles. The van der Waals surface area contributed by atoms with Gasteiger partial charge in [-0.2, -0.15) is 4.31 Å². The van der Waals surface area contributed by atoms with Crippen LogP contribution < -0.4 is 9.64 Å². The number of para-hydroxylation sites is 1. The van der Waals surface area contributed by atoms with Gasteiger partial charge in [-0.3, -0.25) is 4.79 Å². The fourth-order valence-corrected chi connectivity index (χ4v) is 7.64. The van der Waals surface area contributed by atoms with Gasteiger partial charge in [-0.1, -0.05) is 30.4 Å². The zero-order valence-electron chi connectivity index (χ0n) is 20.7. The first-order chi connectivity index (χ1) is 17.4. The smallest absolute Gasteiger partial charge is 0.243 e. The lowest BCUT2D eigenvalue weighted by Gasteiger charge is -2.38. The first kappa shape index (κ1) is 25.0. The van der Waals surface area contributed by atoms with Gasteiger partial charge < -0.3 is 14.5 Å². The summed E-state index contributed by atoms with van der Waals surface area (Å²) in [6, 6.07) is 12.7. The van der Waals surface area contributed by atoms with Gasteiger partial charge in [0.1, 0.15) is 5.75 Å². The first-order valence-electron chi connectivity index (χ1n) is 12.5. The number of anilines is 1. The molecule has 2 aliphatic heterocycles. The van der Waals surface area contributed by atoms with Crippen molar-refractivity contribution in [3.63, 3.8) is 0 Å². The van der Waals surface area contributed by atoms with Gasteiger partial charge in [0.2, 0.25) is 15.9 Å². The molecule has 1 atom stereocenters. The fraction of sp³-hybridized carbons (Fsp3) is 0.462. The van der Waals surface area contributed by atoms with Gasteiger partial charge in [0.15, 0.2) is 5.13 Å². The van der Waals surface area contributed by atoms with Crippen molar-refractivity contribution in [3.05, 3.63) is 48.0 Å². The molecule has 10 heteroatoms. The van der Waals surface area contributed by atoms with Crippen molar-refractivity contribution in [3.8, 4) is 5.75 Å². The summed E-state index contributed by atoms with van der Waals surface area (Å²) < 4.78 is 34.2. The van der Waals surface area contributed by atoms with Crippen LogP contribution in [0, 0.1) is 5.92 Å². The van der Waals surface area contributed by atoms with Gasteiger partial charge in [0, 0.05) is 39.3 Å². The molecule has 0 spiro atoms. The normalized spacial score (nSPS) is 19.6. The maximum Gasteiger partial charge on any atom is 0.243 e. The summed E-state index contributed by atoms with van der Waals surface area (Å²) in [5.74, 6) is 0.353. The number of sulfonamides is 1. The van der Waals surface area contributed by atoms with Crippen molar-refractivity contribution in [2.24, 2.45) is 5.92 Å². The van der Waals surface area contributed by atoms with Crippen molar-refractivity contribution < 1.29 is 17.9 Å². The van der Waals surface area contributed by atoms with Gasteiger partial charge in [-0.25, -0.2) is 13.4 Å². The van der Waals surface area contributed by atoms with Crippen LogP contribution >= 0.6 is 11.3 Å². The largest absolute Gasteiger partial charge is 0.497 e. The molecule has 0 bridgehead atoms. The Bertz CT molecular complexity index is 1330. The number of ether oxygens (including phenoxy) is 1. The van der Waals surface area contributed by atoms with E-state index in [1.54, 1.807) is 42.7 Å². The molecule has 8 nitrogen and oxygen atoms in total. The Morgan fingerprint density at radius 2 is 1.83 bits per heavy atom. The average molecular weight is 529 g/mol. The molecule has 192 valence electrons. The molecule has 1 aromatic heterocycles. The lowest BCUT2D eigenvalue weighted by Crippen LogP contribution is -2.53. The van der Waals surface area contributed by atoms with Gasteiger partial charge in [-0.05, 0) is 55.2 Å². The third-order valence-corrected chi connectivity index (χ3v) is 10.1. The summed E-state index contributed by atoms with van der Waals surface area (Å²) in [7, 11) is -2.11. The number of piperidine rings is 1. The van der Waals surface area contributed by atoms with Crippen LogP contribution in [-0.2, 0) is 21.2 Å². The minimum Gasteiger partial charge on any atom is -0.497 e. The number of piperazine rings is 1.